The number of allylic oxidation sites excluding steroid dienone is 3. The summed E-state index contributed by atoms with van der Waals surface area (Å²) in [5.41, 5.74) is -0.720. The van der Waals surface area contributed by atoms with Crippen molar-refractivity contribution >= 4 is 5.97 Å². The van der Waals surface area contributed by atoms with Crippen LogP contribution in [-0.4, -0.2) is 29.9 Å². The van der Waals surface area contributed by atoms with Gasteiger partial charge < -0.3 is 14.6 Å². The van der Waals surface area contributed by atoms with Crippen molar-refractivity contribution in [2.24, 2.45) is 11.8 Å². The average molecular weight is 469 g/mol. The van der Waals surface area contributed by atoms with E-state index in [0.29, 0.717) is 12.8 Å². The van der Waals surface area contributed by atoms with Crippen molar-refractivity contribution in [3.63, 3.8) is 0 Å². The number of halogens is 3. The van der Waals surface area contributed by atoms with Crippen LogP contribution in [0.2, 0.25) is 0 Å². The molecule has 0 saturated heterocycles. The summed E-state index contributed by atoms with van der Waals surface area (Å²) in [7, 11) is 0. The van der Waals surface area contributed by atoms with Gasteiger partial charge >= 0.3 is 12.1 Å². The van der Waals surface area contributed by atoms with Gasteiger partial charge in [0.15, 0.2) is 0 Å². The first-order valence-corrected chi connectivity index (χ1v) is 11.7. The van der Waals surface area contributed by atoms with Crippen molar-refractivity contribution in [3.8, 4) is 5.75 Å². The third-order valence-electron chi connectivity index (χ3n) is 5.63. The molecule has 1 aliphatic carbocycles. The lowest BCUT2D eigenvalue weighted by Crippen LogP contribution is -2.17. The van der Waals surface area contributed by atoms with Crippen LogP contribution >= 0.6 is 0 Å². The number of benzene rings is 1. The molecule has 33 heavy (non-hydrogen) atoms. The molecular formula is C26H35F3O4. The second-order valence-corrected chi connectivity index (χ2v) is 8.70. The van der Waals surface area contributed by atoms with Gasteiger partial charge in [0.2, 0.25) is 0 Å². The molecule has 0 aromatic heterocycles. The van der Waals surface area contributed by atoms with Crippen molar-refractivity contribution in [2.45, 2.75) is 77.2 Å². The molecule has 1 aromatic rings. The van der Waals surface area contributed by atoms with Crippen molar-refractivity contribution in [3.05, 3.63) is 54.1 Å². The smallest absolute Gasteiger partial charge is 0.416 e. The highest BCUT2D eigenvalue weighted by molar-refractivity contribution is 5.69. The van der Waals surface area contributed by atoms with Crippen LogP contribution < -0.4 is 4.74 Å². The van der Waals surface area contributed by atoms with E-state index in [0.717, 1.165) is 44.2 Å². The van der Waals surface area contributed by atoms with Crippen molar-refractivity contribution in [2.75, 3.05) is 6.61 Å². The maximum Gasteiger partial charge on any atom is 0.416 e. The number of alkyl halides is 3. The second kappa shape index (κ2) is 13.4. The molecule has 3 unspecified atom stereocenters. The third kappa shape index (κ3) is 10.0. The molecule has 0 radical (unpaired) electrons. The summed E-state index contributed by atoms with van der Waals surface area (Å²) < 4.78 is 48.8. The topological polar surface area (TPSA) is 55.8 Å². The summed E-state index contributed by atoms with van der Waals surface area (Å²) in [6, 6.07) is 4.88. The zero-order chi connectivity index (χ0) is 24.3. The number of carbonyl (C=O) groups excluding carboxylic acids is 1. The first-order valence-electron chi connectivity index (χ1n) is 11.7. The molecule has 4 nitrogen and oxygen atoms in total. The molecule has 7 heteroatoms. The van der Waals surface area contributed by atoms with E-state index in [4.69, 9.17) is 9.47 Å². The molecule has 2 rings (SSSR count). The molecule has 1 N–H and O–H groups in total. The van der Waals surface area contributed by atoms with E-state index in [2.05, 4.69) is 18.2 Å². The van der Waals surface area contributed by atoms with Gasteiger partial charge in [-0.1, -0.05) is 30.4 Å². The minimum absolute atomic E-state index is 0.0889. The summed E-state index contributed by atoms with van der Waals surface area (Å²) >= 11 is 0. The Morgan fingerprint density at radius 3 is 2.70 bits per heavy atom. The first kappa shape index (κ1) is 27.0. The van der Waals surface area contributed by atoms with Gasteiger partial charge in [-0.3, -0.25) is 4.79 Å². The Labute approximate surface area is 194 Å². The number of hydrogen-bond acceptors (Lipinski definition) is 4. The van der Waals surface area contributed by atoms with Crippen LogP contribution in [0.5, 0.6) is 5.75 Å². The zero-order valence-corrected chi connectivity index (χ0v) is 19.4. The molecule has 1 aromatic carbocycles. The number of esters is 1. The molecule has 184 valence electrons. The number of aliphatic hydroxyl groups excluding tert-OH is 1. The van der Waals surface area contributed by atoms with Crippen LogP contribution in [0.15, 0.2) is 48.6 Å². The van der Waals surface area contributed by atoms with E-state index in [9.17, 15) is 23.1 Å². The minimum Gasteiger partial charge on any atom is -0.493 e. The Balaban J connectivity index is 1.70. The largest absolute Gasteiger partial charge is 0.493 e. The number of aliphatic hydroxyl groups is 1. The zero-order valence-electron chi connectivity index (χ0n) is 19.4. The molecule has 1 fully saturated rings. The quantitative estimate of drug-likeness (QED) is 0.217. The Hall–Kier alpha value is -2.28. The summed E-state index contributed by atoms with van der Waals surface area (Å²) in [5.74, 6) is 0.439. The number of rotatable bonds is 12. The van der Waals surface area contributed by atoms with Gasteiger partial charge in [0.05, 0.1) is 24.4 Å². The highest BCUT2D eigenvalue weighted by atomic mass is 19.4. The van der Waals surface area contributed by atoms with E-state index in [1.807, 2.05) is 19.9 Å². The second-order valence-electron chi connectivity index (χ2n) is 8.70. The highest BCUT2D eigenvalue weighted by Gasteiger charge is 2.32. The van der Waals surface area contributed by atoms with Crippen LogP contribution in [-0.2, 0) is 15.7 Å². The van der Waals surface area contributed by atoms with E-state index in [1.165, 1.54) is 12.1 Å². The van der Waals surface area contributed by atoms with Crippen LogP contribution in [0.4, 0.5) is 13.2 Å². The summed E-state index contributed by atoms with van der Waals surface area (Å²) in [6.07, 6.45) is 8.34. The Kier molecular flexibility index (Phi) is 11.0. The van der Waals surface area contributed by atoms with Gasteiger partial charge in [-0.25, -0.2) is 0 Å². The average Bonchev–Trinajstić information content (AvgIpc) is 3.09. The molecule has 0 amide bonds. The van der Waals surface area contributed by atoms with Gasteiger partial charge in [-0.2, -0.15) is 13.2 Å². The van der Waals surface area contributed by atoms with Crippen LogP contribution in [0, 0.1) is 11.8 Å². The predicted molar refractivity (Wildman–Crippen MR) is 122 cm³/mol. The van der Waals surface area contributed by atoms with E-state index in [-0.39, 0.29) is 42.4 Å². The lowest BCUT2D eigenvalue weighted by atomic mass is 9.90. The van der Waals surface area contributed by atoms with Crippen LogP contribution in [0.1, 0.15) is 64.4 Å². The summed E-state index contributed by atoms with van der Waals surface area (Å²) in [5, 5.41) is 10.3. The van der Waals surface area contributed by atoms with Crippen LogP contribution in [0.3, 0.4) is 0 Å². The standard InChI is InChI=1S/C26H35F3O4/c1-19(2)33-25(31)14-6-4-3-5-13-23-20(15-16-24(23)30)10-7-8-17-32-22-12-9-11-21(18-22)26(27,28)29/h3,5,7,9-12,18-20,23-24,30H,4,6,8,13-17H2,1-2H3. The maximum absolute atomic E-state index is 12.8. The predicted octanol–water partition coefficient (Wildman–Crippen LogP) is 6.49. The lowest BCUT2D eigenvalue weighted by molar-refractivity contribution is -0.147. The van der Waals surface area contributed by atoms with E-state index >= 15 is 0 Å². The van der Waals surface area contributed by atoms with E-state index in [1.54, 1.807) is 0 Å². The number of carbonyl (C=O) groups is 1. The fourth-order valence-electron chi connectivity index (χ4n) is 3.98. The lowest BCUT2D eigenvalue weighted by Gasteiger charge is -2.18. The van der Waals surface area contributed by atoms with Gasteiger partial charge in [0.1, 0.15) is 5.75 Å². The third-order valence-corrected chi connectivity index (χ3v) is 5.63. The Bertz CT molecular complexity index is 786. The highest BCUT2D eigenvalue weighted by Crippen LogP contribution is 2.36. The van der Waals surface area contributed by atoms with Crippen molar-refractivity contribution in [1.82, 2.24) is 0 Å². The summed E-state index contributed by atoms with van der Waals surface area (Å²) in [4.78, 5) is 11.5. The van der Waals surface area contributed by atoms with Gasteiger partial charge in [-0.05, 0) is 82.4 Å². The normalized spacial score (nSPS) is 21.4. The minimum atomic E-state index is -4.38. The first-order chi connectivity index (χ1) is 15.7. The Morgan fingerprint density at radius 1 is 1.18 bits per heavy atom. The molecule has 3 atom stereocenters. The molecule has 0 bridgehead atoms. The fourth-order valence-corrected chi connectivity index (χ4v) is 3.98. The van der Waals surface area contributed by atoms with Gasteiger partial charge in [0, 0.05) is 6.42 Å². The van der Waals surface area contributed by atoms with Crippen molar-refractivity contribution < 1.29 is 32.5 Å². The van der Waals surface area contributed by atoms with Crippen LogP contribution in [0.25, 0.3) is 0 Å². The summed E-state index contributed by atoms with van der Waals surface area (Å²) in [6.45, 7) is 3.95. The van der Waals surface area contributed by atoms with Gasteiger partial charge in [0.25, 0.3) is 0 Å². The fraction of sp³-hybridized carbons (Fsp3) is 0.577. The number of hydrogen-bond donors (Lipinski definition) is 1. The number of ether oxygens (including phenoxy) is 2. The number of unbranched alkanes of at least 4 members (excludes halogenated alkanes) is 1. The SMILES string of the molecule is CC(C)OC(=O)CCCC=CCC1C(O)CCC1C=CCCOc1cccc(C(F)(F)F)c1. The van der Waals surface area contributed by atoms with E-state index < -0.39 is 11.7 Å². The molecule has 0 heterocycles. The van der Waals surface area contributed by atoms with Crippen molar-refractivity contribution in [1.29, 1.82) is 0 Å². The Morgan fingerprint density at radius 2 is 1.97 bits per heavy atom. The monoisotopic (exact) mass is 468 g/mol. The molecule has 1 saturated carbocycles. The molecular weight excluding hydrogens is 433 g/mol. The molecule has 1 aliphatic rings. The molecule has 0 aliphatic heterocycles. The maximum atomic E-state index is 12.8. The van der Waals surface area contributed by atoms with Gasteiger partial charge in [-0.15, -0.1) is 0 Å². The molecule has 0 spiro atoms.